The third kappa shape index (κ3) is 4.24. The van der Waals surface area contributed by atoms with Crippen molar-refractivity contribution in [3.05, 3.63) is 23.9 Å². The van der Waals surface area contributed by atoms with Crippen LogP contribution in [-0.4, -0.2) is 80.3 Å². The molecule has 0 saturated carbocycles. The van der Waals surface area contributed by atoms with Crippen LogP contribution in [0.1, 0.15) is 19.4 Å². The van der Waals surface area contributed by atoms with Gasteiger partial charge in [-0.25, -0.2) is 4.98 Å². The second kappa shape index (κ2) is 8.24. The van der Waals surface area contributed by atoms with E-state index in [4.69, 9.17) is 0 Å². The molecule has 0 spiro atoms. The molecule has 1 saturated heterocycles. The summed E-state index contributed by atoms with van der Waals surface area (Å²) in [5.41, 5.74) is 1.17. The van der Waals surface area contributed by atoms with Crippen LogP contribution < -0.4 is 4.90 Å². The summed E-state index contributed by atoms with van der Waals surface area (Å²) in [6, 6.07) is 4.03. The second-order valence-electron chi connectivity index (χ2n) is 6.15. The Hall–Kier alpha value is -1.22. The van der Waals surface area contributed by atoms with Gasteiger partial charge in [0.2, 0.25) is 0 Å². The summed E-state index contributed by atoms with van der Waals surface area (Å²) in [6.07, 6.45) is 1.80. The van der Waals surface area contributed by atoms with E-state index in [0.717, 1.165) is 25.5 Å². The van der Waals surface area contributed by atoms with Gasteiger partial charge in [-0.15, -0.1) is 0 Å². The SMILES string of the molecule is CCN(CC)S(=O)(=O)N1CCN(Cc2cccnc2N(C)C)CC1. The number of rotatable bonds is 7. The minimum absolute atomic E-state index is 0.515. The Kier molecular flexibility index (Phi) is 6.56. The van der Waals surface area contributed by atoms with Gasteiger partial charge in [0.05, 0.1) is 0 Å². The van der Waals surface area contributed by atoms with Gasteiger partial charge in [-0.3, -0.25) is 4.90 Å². The zero-order valence-corrected chi connectivity index (χ0v) is 16.0. The van der Waals surface area contributed by atoms with Crippen LogP contribution >= 0.6 is 0 Å². The van der Waals surface area contributed by atoms with Crippen molar-refractivity contribution in [3.8, 4) is 0 Å². The molecule has 0 aliphatic carbocycles. The lowest BCUT2D eigenvalue weighted by Gasteiger charge is -2.36. The Morgan fingerprint density at radius 3 is 2.29 bits per heavy atom. The average molecular weight is 356 g/mol. The molecule has 7 nitrogen and oxygen atoms in total. The van der Waals surface area contributed by atoms with E-state index in [0.29, 0.717) is 26.2 Å². The number of nitrogens with zero attached hydrogens (tertiary/aromatic N) is 5. The van der Waals surface area contributed by atoms with Crippen LogP contribution in [0.3, 0.4) is 0 Å². The van der Waals surface area contributed by atoms with E-state index in [1.807, 2.05) is 38.9 Å². The standard InChI is InChI=1S/C16H29N5O2S/c1-5-20(6-2)24(22,23)21-12-10-19(11-13-21)14-15-8-7-9-17-16(15)18(3)4/h7-9H,5-6,10-14H2,1-4H3. The van der Waals surface area contributed by atoms with E-state index < -0.39 is 10.2 Å². The van der Waals surface area contributed by atoms with Crippen molar-refractivity contribution in [3.63, 3.8) is 0 Å². The van der Waals surface area contributed by atoms with E-state index >= 15 is 0 Å². The van der Waals surface area contributed by atoms with E-state index in [2.05, 4.69) is 16.0 Å². The predicted octanol–water partition coefficient (Wildman–Crippen LogP) is 0.852. The maximum Gasteiger partial charge on any atom is 0.282 e. The largest absolute Gasteiger partial charge is 0.362 e. The van der Waals surface area contributed by atoms with Gasteiger partial charge in [0.25, 0.3) is 10.2 Å². The van der Waals surface area contributed by atoms with Crippen molar-refractivity contribution in [1.82, 2.24) is 18.5 Å². The highest BCUT2D eigenvalue weighted by Gasteiger charge is 2.30. The lowest BCUT2D eigenvalue weighted by molar-refractivity contribution is 0.175. The lowest BCUT2D eigenvalue weighted by Crippen LogP contribution is -2.52. The molecular formula is C16H29N5O2S. The molecule has 2 rings (SSSR count). The minimum Gasteiger partial charge on any atom is -0.362 e. The van der Waals surface area contributed by atoms with Crippen molar-refractivity contribution >= 4 is 16.0 Å². The molecule has 0 N–H and O–H groups in total. The summed E-state index contributed by atoms with van der Waals surface area (Å²) in [5, 5.41) is 0. The normalized spacial score (nSPS) is 17.4. The van der Waals surface area contributed by atoms with Crippen LogP contribution in [0.25, 0.3) is 0 Å². The molecule has 1 fully saturated rings. The molecule has 0 radical (unpaired) electrons. The van der Waals surface area contributed by atoms with Gasteiger partial charge in [0, 0.05) is 71.7 Å². The third-order valence-corrected chi connectivity index (χ3v) is 6.56. The first kappa shape index (κ1) is 19.1. The zero-order valence-electron chi connectivity index (χ0n) is 15.1. The van der Waals surface area contributed by atoms with Gasteiger partial charge in [0.1, 0.15) is 5.82 Å². The fourth-order valence-corrected chi connectivity index (χ4v) is 4.63. The van der Waals surface area contributed by atoms with Crippen LogP contribution in [0.5, 0.6) is 0 Å². The molecule has 1 aliphatic heterocycles. The highest BCUT2D eigenvalue weighted by Crippen LogP contribution is 2.19. The summed E-state index contributed by atoms with van der Waals surface area (Å²) in [5.74, 6) is 0.968. The van der Waals surface area contributed by atoms with Crippen molar-refractivity contribution in [2.75, 3.05) is 58.3 Å². The average Bonchev–Trinajstić information content (AvgIpc) is 2.56. The Balaban J connectivity index is 1.99. The Morgan fingerprint density at radius 2 is 1.75 bits per heavy atom. The summed E-state index contributed by atoms with van der Waals surface area (Å²) in [6.45, 7) is 8.13. The Morgan fingerprint density at radius 1 is 1.12 bits per heavy atom. The quantitative estimate of drug-likeness (QED) is 0.726. The summed E-state index contributed by atoms with van der Waals surface area (Å²) in [7, 11) is 0.650. The van der Waals surface area contributed by atoms with Crippen LogP contribution in [0.2, 0.25) is 0 Å². The molecule has 0 bridgehead atoms. The van der Waals surface area contributed by atoms with Gasteiger partial charge in [-0.1, -0.05) is 19.9 Å². The van der Waals surface area contributed by atoms with E-state index in [1.54, 1.807) is 10.5 Å². The van der Waals surface area contributed by atoms with Crippen molar-refractivity contribution < 1.29 is 8.42 Å². The highest BCUT2D eigenvalue weighted by atomic mass is 32.2. The van der Waals surface area contributed by atoms with Gasteiger partial charge < -0.3 is 4.90 Å². The monoisotopic (exact) mass is 355 g/mol. The van der Waals surface area contributed by atoms with E-state index in [-0.39, 0.29) is 0 Å². The molecule has 2 heterocycles. The van der Waals surface area contributed by atoms with Crippen molar-refractivity contribution in [2.24, 2.45) is 0 Å². The van der Waals surface area contributed by atoms with Gasteiger partial charge >= 0.3 is 0 Å². The molecule has 24 heavy (non-hydrogen) atoms. The number of pyridine rings is 1. The van der Waals surface area contributed by atoms with Crippen molar-refractivity contribution in [1.29, 1.82) is 0 Å². The summed E-state index contributed by atoms with van der Waals surface area (Å²) < 4.78 is 28.3. The van der Waals surface area contributed by atoms with Gasteiger partial charge in [0.15, 0.2) is 0 Å². The van der Waals surface area contributed by atoms with E-state index in [1.165, 1.54) is 9.87 Å². The Bertz CT molecular complexity index is 623. The maximum atomic E-state index is 12.6. The maximum absolute atomic E-state index is 12.6. The minimum atomic E-state index is -3.32. The van der Waals surface area contributed by atoms with E-state index in [9.17, 15) is 8.42 Å². The molecular weight excluding hydrogens is 326 g/mol. The molecule has 0 aromatic carbocycles. The first-order valence-corrected chi connectivity index (χ1v) is 9.88. The topological polar surface area (TPSA) is 60.0 Å². The Labute approximate surface area is 146 Å². The van der Waals surface area contributed by atoms with Crippen LogP contribution in [0.4, 0.5) is 5.82 Å². The number of hydrogen-bond donors (Lipinski definition) is 0. The molecule has 1 aromatic rings. The zero-order chi connectivity index (χ0) is 17.7. The number of piperazine rings is 1. The fourth-order valence-electron chi connectivity index (χ4n) is 3.03. The first-order chi connectivity index (χ1) is 11.4. The predicted molar refractivity (Wildman–Crippen MR) is 97.3 cm³/mol. The molecule has 0 amide bonds. The fraction of sp³-hybridized carbons (Fsp3) is 0.688. The molecule has 8 heteroatoms. The van der Waals surface area contributed by atoms with Crippen molar-refractivity contribution in [2.45, 2.75) is 20.4 Å². The summed E-state index contributed by atoms with van der Waals surface area (Å²) in [4.78, 5) is 8.73. The van der Waals surface area contributed by atoms with Crippen LogP contribution in [-0.2, 0) is 16.8 Å². The first-order valence-electron chi connectivity index (χ1n) is 8.49. The number of anilines is 1. The summed E-state index contributed by atoms with van der Waals surface area (Å²) >= 11 is 0. The highest BCUT2D eigenvalue weighted by molar-refractivity contribution is 7.86. The molecule has 136 valence electrons. The van der Waals surface area contributed by atoms with Crippen LogP contribution in [0.15, 0.2) is 18.3 Å². The lowest BCUT2D eigenvalue weighted by atomic mass is 10.2. The number of hydrogen-bond acceptors (Lipinski definition) is 5. The molecule has 1 aromatic heterocycles. The third-order valence-electron chi connectivity index (χ3n) is 4.37. The number of aromatic nitrogens is 1. The second-order valence-corrected chi connectivity index (χ2v) is 8.08. The van der Waals surface area contributed by atoms with Crippen LogP contribution in [0, 0.1) is 0 Å². The smallest absolute Gasteiger partial charge is 0.282 e. The molecule has 1 aliphatic rings. The molecule has 0 atom stereocenters. The molecule has 0 unspecified atom stereocenters. The van der Waals surface area contributed by atoms with Gasteiger partial charge in [-0.05, 0) is 6.07 Å². The van der Waals surface area contributed by atoms with Gasteiger partial charge in [-0.2, -0.15) is 17.0 Å².